The third kappa shape index (κ3) is 1.91. The second-order valence-corrected chi connectivity index (χ2v) is 3.20. The molecule has 0 aliphatic carbocycles. The number of carboxylic acids is 1. The minimum atomic E-state index is -1.05. The summed E-state index contributed by atoms with van der Waals surface area (Å²) in [5.74, 6) is -1.68. The molecule has 0 unspecified atom stereocenters. The first-order valence-electron chi connectivity index (χ1n) is 4.64. The quantitative estimate of drug-likeness (QED) is 0.786. The van der Waals surface area contributed by atoms with Crippen LogP contribution in [-0.4, -0.2) is 16.1 Å². The predicted octanol–water partition coefficient (Wildman–Crippen LogP) is 2.59. The van der Waals surface area contributed by atoms with Crippen LogP contribution >= 0.6 is 0 Å². The van der Waals surface area contributed by atoms with Gasteiger partial charge in [-0.15, -0.1) is 0 Å². The van der Waals surface area contributed by atoms with E-state index in [4.69, 9.17) is 5.11 Å². The molecule has 1 N–H and O–H groups in total. The van der Waals surface area contributed by atoms with E-state index in [0.29, 0.717) is 11.3 Å². The second-order valence-electron chi connectivity index (χ2n) is 3.20. The Hall–Kier alpha value is -2.23. The number of hydrogen-bond donors (Lipinski definition) is 1. The van der Waals surface area contributed by atoms with Crippen LogP contribution in [0.15, 0.2) is 42.5 Å². The molecule has 80 valence electrons. The third-order valence-electron chi connectivity index (χ3n) is 2.15. The highest BCUT2D eigenvalue weighted by atomic mass is 19.1. The lowest BCUT2D eigenvalue weighted by molar-refractivity contribution is 0.0697. The largest absolute Gasteiger partial charge is 0.478 e. The van der Waals surface area contributed by atoms with E-state index in [2.05, 4.69) is 4.98 Å². The van der Waals surface area contributed by atoms with Gasteiger partial charge in [-0.05, 0) is 18.2 Å². The molecule has 0 aliphatic heterocycles. The van der Waals surface area contributed by atoms with Gasteiger partial charge in [-0.1, -0.05) is 24.3 Å². The van der Waals surface area contributed by atoms with Gasteiger partial charge in [0.1, 0.15) is 0 Å². The molecule has 2 rings (SSSR count). The van der Waals surface area contributed by atoms with Gasteiger partial charge in [0, 0.05) is 5.56 Å². The van der Waals surface area contributed by atoms with Crippen molar-refractivity contribution < 1.29 is 14.3 Å². The molecule has 0 aliphatic rings. The Labute approximate surface area is 91.2 Å². The van der Waals surface area contributed by atoms with E-state index in [1.54, 1.807) is 24.3 Å². The van der Waals surface area contributed by atoms with Gasteiger partial charge in [-0.2, -0.15) is 4.39 Å². The number of hydrogen-bond acceptors (Lipinski definition) is 2. The molecule has 0 amide bonds. The normalized spacial score (nSPS) is 10.1. The van der Waals surface area contributed by atoms with Gasteiger partial charge >= 0.3 is 5.97 Å². The highest BCUT2D eigenvalue weighted by Crippen LogP contribution is 2.21. The lowest BCUT2D eigenvalue weighted by Crippen LogP contribution is -2.00. The highest BCUT2D eigenvalue weighted by Gasteiger charge is 2.11. The van der Waals surface area contributed by atoms with Crippen LogP contribution in [0, 0.1) is 5.95 Å². The topological polar surface area (TPSA) is 50.2 Å². The van der Waals surface area contributed by atoms with Crippen molar-refractivity contribution in [3.05, 3.63) is 54.0 Å². The van der Waals surface area contributed by atoms with E-state index in [1.807, 2.05) is 0 Å². The molecular formula is C12H8FNO2. The molecule has 3 nitrogen and oxygen atoms in total. The zero-order valence-electron chi connectivity index (χ0n) is 8.22. The fourth-order valence-corrected chi connectivity index (χ4v) is 1.45. The van der Waals surface area contributed by atoms with Crippen molar-refractivity contribution in [2.24, 2.45) is 0 Å². The van der Waals surface area contributed by atoms with E-state index < -0.39 is 11.9 Å². The molecule has 0 bridgehead atoms. The molecule has 2 aromatic rings. The molecule has 0 radical (unpaired) electrons. The lowest BCUT2D eigenvalue weighted by Gasteiger charge is -2.04. The van der Waals surface area contributed by atoms with Gasteiger partial charge in [0.2, 0.25) is 5.95 Å². The molecule has 1 aromatic heterocycles. The summed E-state index contributed by atoms with van der Waals surface area (Å²) in [4.78, 5) is 14.6. The van der Waals surface area contributed by atoms with Crippen molar-refractivity contribution in [2.75, 3.05) is 0 Å². The number of carboxylic acid groups (broad SMARTS) is 1. The molecule has 1 aromatic carbocycles. The Morgan fingerprint density at radius 3 is 2.56 bits per heavy atom. The first-order valence-corrected chi connectivity index (χ1v) is 4.64. The van der Waals surface area contributed by atoms with Gasteiger partial charge in [0.05, 0.1) is 11.3 Å². The SMILES string of the molecule is O=C(O)c1ccccc1-c1cccc(F)n1. The van der Waals surface area contributed by atoms with Gasteiger partial charge in [0.25, 0.3) is 0 Å². The Morgan fingerprint density at radius 2 is 1.88 bits per heavy atom. The zero-order valence-corrected chi connectivity index (χ0v) is 8.22. The Morgan fingerprint density at radius 1 is 1.12 bits per heavy atom. The third-order valence-corrected chi connectivity index (χ3v) is 2.15. The van der Waals surface area contributed by atoms with Crippen molar-refractivity contribution in [3.8, 4) is 11.3 Å². The summed E-state index contributed by atoms with van der Waals surface area (Å²) in [6.07, 6.45) is 0. The summed E-state index contributed by atoms with van der Waals surface area (Å²) in [5, 5.41) is 8.97. The predicted molar refractivity (Wildman–Crippen MR) is 56.6 cm³/mol. The molecular weight excluding hydrogens is 209 g/mol. The smallest absolute Gasteiger partial charge is 0.336 e. The Balaban J connectivity index is 2.60. The van der Waals surface area contributed by atoms with Crippen LogP contribution in [0.2, 0.25) is 0 Å². The first-order chi connectivity index (χ1) is 7.68. The van der Waals surface area contributed by atoms with Crippen LogP contribution in [0.3, 0.4) is 0 Å². The van der Waals surface area contributed by atoms with Crippen molar-refractivity contribution in [1.29, 1.82) is 0 Å². The number of pyridine rings is 1. The van der Waals surface area contributed by atoms with Crippen LogP contribution in [0.5, 0.6) is 0 Å². The van der Waals surface area contributed by atoms with Crippen LogP contribution in [0.25, 0.3) is 11.3 Å². The average Bonchev–Trinajstić information content (AvgIpc) is 2.29. The molecule has 0 fully saturated rings. The number of carbonyl (C=O) groups is 1. The monoisotopic (exact) mass is 217 g/mol. The van der Waals surface area contributed by atoms with Gasteiger partial charge in [0.15, 0.2) is 0 Å². The second kappa shape index (κ2) is 4.10. The summed E-state index contributed by atoms with van der Waals surface area (Å²) in [5.41, 5.74) is 0.841. The van der Waals surface area contributed by atoms with E-state index in [9.17, 15) is 9.18 Å². The summed E-state index contributed by atoms with van der Waals surface area (Å²) in [6, 6.07) is 10.7. The number of aromatic carboxylic acids is 1. The number of rotatable bonds is 2. The molecule has 4 heteroatoms. The molecule has 0 spiro atoms. The number of halogens is 1. The molecule has 0 atom stereocenters. The fraction of sp³-hybridized carbons (Fsp3) is 0. The maximum absolute atomic E-state index is 12.9. The average molecular weight is 217 g/mol. The minimum Gasteiger partial charge on any atom is -0.478 e. The van der Waals surface area contributed by atoms with E-state index >= 15 is 0 Å². The molecule has 16 heavy (non-hydrogen) atoms. The number of benzene rings is 1. The van der Waals surface area contributed by atoms with Crippen molar-refractivity contribution in [2.45, 2.75) is 0 Å². The van der Waals surface area contributed by atoms with Crippen molar-refractivity contribution in [3.63, 3.8) is 0 Å². The van der Waals surface area contributed by atoms with Gasteiger partial charge in [-0.3, -0.25) is 0 Å². The maximum atomic E-state index is 12.9. The van der Waals surface area contributed by atoms with Gasteiger partial charge in [-0.25, -0.2) is 9.78 Å². The minimum absolute atomic E-state index is 0.112. The standard InChI is InChI=1S/C12H8FNO2/c13-11-7-3-6-10(14-11)8-4-1-2-5-9(8)12(15)16/h1-7H,(H,15,16). The van der Waals surface area contributed by atoms with Crippen LogP contribution in [-0.2, 0) is 0 Å². The van der Waals surface area contributed by atoms with E-state index in [1.165, 1.54) is 18.2 Å². The first kappa shape index (κ1) is 10.3. The van der Waals surface area contributed by atoms with Crippen LogP contribution < -0.4 is 0 Å². The van der Waals surface area contributed by atoms with Crippen molar-refractivity contribution >= 4 is 5.97 Å². The maximum Gasteiger partial charge on any atom is 0.336 e. The van der Waals surface area contributed by atoms with Crippen LogP contribution in [0.4, 0.5) is 4.39 Å². The highest BCUT2D eigenvalue weighted by molar-refractivity contribution is 5.95. The van der Waals surface area contributed by atoms with Crippen molar-refractivity contribution in [1.82, 2.24) is 4.98 Å². The number of nitrogens with zero attached hydrogens (tertiary/aromatic N) is 1. The lowest BCUT2D eigenvalue weighted by atomic mass is 10.0. The van der Waals surface area contributed by atoms with Crippen LogP contribution in [0.1, 0.15) is 10.4 Å². The summed E-state index contributed by atoms with van der Waals surface area (Å²) in [7, 11) is 0. The van der Waals surface area contributed by atoms with E-state index in [0.717, 1.165) is 0 Å². The summed E-state index contributed by atoms with van der Waals surface area (Å²) >= 11 is 0. The fourth-order valence-electron chi connectivity index (χ4n) is 1.45. The molecule has 1 heterocycles. The zero-order chi connectivity index (χ0) is 11.5. The number of aromatic nitrogens is 1. The Bertz CT molecular complexity index is 540. The van der Waals surface area contributed by atoms with E-state index in [-0.39, 0.29) is 5.56 Å². The summed E-state index contributed by atoms with van der Waals surface area (Å²) < 4.78 is 12.9. The van der Waals surface area contributed by atoms with Gasteiger partial charge < -0.3 is 5.11 Å². The molecule has 0 saturated carbocycles. The Kier molecular flexibility index (Phi) is 2.64. The molecule has 0 saturated heterocycles. The summed E-state index contributed by atoms with van der Waals surface area (Å²) in [6.45, 7) is 0.